The third kappa shape index (κ3) is 7.85. The van der Waals surface area contributed by atoms with Crippen LogP contribution < -0.4 is 16.0 Å². The van der Waals surface area contributed by atoms with E-state index in [1.54, 1.807) is 11.3 Å². The summed E-state index contributed by atoms with van der Waals surface area (Å²) in [5, 5.41) is 14.3. The van der Waals surface area contributed by atoms with E-state index in [1.807, 2.05) is 0 Å². The van der Waals surface area contributed by atoms with E-state index in [9.17, 15) is 0 Å². The Morgan fingerprint density at radius 1 is 1.26 bits per heavy atom. The maximum atomic E-state index is 4.56. The van der Waals surface area contributed by atoms with Crippen LogP contribution in [0.1, 0.15) is 33.3 Å². The van der Waals surface area contributed by atoms with Gasteiger partial charge in [-0.3, -0.25) is 0 Å². The van der Waals surface area contributed by atoms with Gasteiger partial charge in [-0.15, -0.1) is 0 Å². The minimum absolute atomic E-state index is 0.161. The molecule has 1 aromatic rings. The van der Waals surface area contributed by atoms with Gasteiger partial charge in [0.2, 0.25) is 0 Å². The number of rotatable bonds is 6. The van der Waals surface area contributed by atoms with Crippen LogP contribution in [0.5, 0.6) is 0 Å². The van der Waals surface area contributed by atoms with Crippen LogP contribution >= 0.6 is 11.3 Å². The van der Waals surface area contributed by atoms with Gasteiger partial charge in [-0.25, -0.2) is 4.99 Å². The van der Waals surface area contributed by atoms with E-state index >= 15 is 0 Å². The molecule has 1 rings (SSSR count). The molecule has 0 aromatic carbocycles. The summed E-state index contributed by atoms with van der Waals surface area (Å²) in [4.78, 5) is 4.56. The second-order valence-corrected chi connectivity index (χ2v) is 6.21. The van der Waals surface area contributed by atoms with Gasteiger partial charge in [0.15, 0.2) is 5.96 Å². The van der Waals surface area contributed by atoms with Crippen LogP contribution in [0.4, 0.5) is 0 Å². The zero-order valence-electron chi connectivity index (χ0n) is 12.4. The first-order valence-corrected chi connectivity index (χ1v) is 7.74. The third-order valence-corrected chi connectivity index (χ3v) is 3.15. The van der Waals surface area contributed by atoms with Gasteiger partial charge in [-0.05, 0) is 50.1 Å². The van der Waals surface area contributed by atoms with Gasteiger partial charge in [0.25, 0.3) is 0 Å². The quantitative estimate of drug-likeness (QED) is 0.426. The molecule has 0 bridgehead atoms. The summed E-state index contributed by atoms with van der Waals surface area (Å²) in [6.07, 6.45) is 0. The van der Waals surface area contributed by atoms with Crippen molar-refractivity contribution in [3.63, 3.8) is 0 Å². The van der Waals surface area contributed by atoms with E-state index in [4.69, 9.17) is 0 Å². The molecule has 5 heteroatoms. The summed E-state index contributed by atoms with van der Waals surface area (Å²) >= 11 is 1.71. The highest BCUT2D eigenvalue weighted by atomic mass is 32.1. The van der Waals surface area contributed by atoms with Gasteiger partial charge in [0.05, 0.1) is 6.54 Å². The van der Waals surface area contributed by atoms with E-state index in [0.29, 0.717) is 0 Å². The van der Waals surface area contributed by atoms with Crippen LogP contribution in [-0.4, -0.2) is 31.1 Å². The van der Waals surface area contributed by atoms with Crippen LogP contribution in [0.3, 0.4) is 0 Å². The maximum absolute atomic E-state index is 4.56. The Morgan fingerprint density at radius 2 is 2.05 bits per heavy atom. The molecule has 0 saturated carbocycles. The number of thiophene rings is 1. The molecule has 0 spiro atoms. The standard InChI is InChI=1S/C14H26N4S/c1-5-15-13(16-7-8-18-14(2,3)4)17-10-12-6-9-19-11-12/h6,9,11,18H,5,7-8,10H2,1-4H3,(H2,15,16,17). The molecule has 0 aliphatic rings. The number of nitrogens with one attached hydrogen (secondary N) is 3. The molecule has 3 N–H and O–H groups in total. The second kappa shape index (κ2) is 8.17. The van der Waals surface area contributed by atoms with Crippen molar-refractivity contribution in [2.45, 2.75) is 39.8 Å². The molecule has 0 aliphatic carbocycles. The summed E-state index contributed by atoms with van der Waals surface area (Å²) in [6, 6.07) is 2.11. The predicted molar refractivity (Wildman–Crippen MR) is 84.9 cm³/mol. The van der Waals surface area contributed by atoms with E-state index in [1.165, 1.54) is 5.56 Å². The molecule has 0 amide bonds. The van der Waals surface area contributed by atoms with E-state index < -0.39 is 0 Å². The van der Waals surface area contributed by atoms with Crippen LogP contribution in [0.15, 0.2) is 21.8 Å². The van der Waals surface area contributed by atoms with E-state index in [-0.39, 0.29) is 5.54 Å². The van der Waals surface area contributed by atoms with Gasteiger partial charge < -0.3 is 16.0 Å². The van der Waals surface area contributed by atoms with Gasteiger partial charge >= 0.3 is 0 Å². The lowest BCUT2D eigenvalue weighted by Crippen LogP contribution is -2.44. The fraction of sp³-hybridized carbons (Fsp3) is 0.643. The first-order chi connectivity index (χ1) is 9.01. The summed E-state index contributed by atoms with van der Waals surface area (Å²) < 4.78 is 0. The van der Waals surface area contributed by atoms with Crippen molar-refractivity contribution >= 4 is 17.3 Å². The smallest absolute Gasteiger partial charge is 0.191 e. The third-order valence-electron chi connectivity index (χ3n) is 2.42. The molecule has 1 heterocycles. The number of hydrogen-bond acceptors (Lipinski definition) is 3. The zero-order chi connectivity index (χ0) is 14.1. The monoisotopic (exact) mass is 282 g/mol. The lowest BCUT2D eigenvalue weighted by Gasteiger charge is -2.21. The molecule has 4 nitrogen and oxygen atoms in total. The van der Waals surface area contributed by atoms with Crippen molar-refractivity contribution in [2.24, 2.45) is 4.99 Å². The average molecular weight is 282 g/mol. The molecule has 1 aromatic heterocycles. The minimum Gasteiger partial charge on any atom is -0.357 e. The van der Waals surface area contributed by atoms with Crippen LogP contribution in [0.25, 0.3) is 0 Å². The Morgan fingerprint density at radius 3 is 2.63 bits per heavy atom. The molecule has 0 saturated heterocycles. The molecule has 0 fully saturated rings. The molecular weight excluding hydrogens is 256 g/mol. The first-order valence-electron chi connectivity index (χ1n) is 6.79. The lowest BCUT2D eigenvalue weighted by molar-refractivity contribution is 0.428. The summed E-state index contributed by atoms with van der Waals surface area (Å²) in [5.74, 6) is 0.879. The van der Waals surface area contributed by atoms with Gasteiger partial charge in [-0.1, -0.05) is 0 Å². The number of guanidine groups is 1. The second-order valence-electron chi connectivity index (χ2n) is 5.43. The highest BCUT2D eigenvalue weighted by Gasteiger charge is 2.07. The van der Waals surface area contributed by atoms with E-state index in [0.717, 1.165) is 32.1 Å². The molecule has 108 valence electrons. The predicted octanol–water partition coefficient (Wildman–Crippen LogP) is 2.19. The molecular formula is C14H26N4S. The van der Waals surface area contributed by atoms with Gasteiger partial charge in [0.1, 0.15) is 0 Å². The molecule has 0 radical (unpaired) electrons. The molecule has 19 heavy (non-hydrogen) atoms. The van der Waals surface area contributed by atoms with Crippen molar-refractivity contribution in [1.29, 1.82) is 0 Å². The van der Waals surface area contributed by atoms with Crippen molar-refractivity contribution in [1.82, 2.24) is 16.0 Å². The van der Waals surface area contributed by atoms with E-state index in [2.05, 4.69) is 65.5 Å². The van der Waals surface area contributed by atoms with Gasteiger partial charge in [0, 0.05) is 25.2 Å². The molecule has 0 unspecified atom stereocenters. The van der Waals surface area contributed by atoms with Crippen LogP contribution in [0, 0.1) is 0 Å². The Labute approximate surface area is 120 Å². The number of nitrogens with zero attached hydrogens (tertiary/aromatic N) is 1. The maximum Gasteiger partial charge on any atom is 0.191 e. The van der Waals surface area contributed by atoms with Gasteiger partial charge in [-0.2, -0.15) is 11.3 Å². The fourth-order valence-electron chi connectivity index (χ4n) is 1.51. The Hall–Kier alpha value is -1.07. The molecule has 0 atom stereocenters. The van der Waals surface area contributed by atoms with Crippen LogP contribution in [0.2, 0.25) is 0 Å². The highest BCUT2D eigenvalue weighted by molar-refractivity contribution is 7.07. The van der Waals surface area contributed by atoms with Crippen molar-refractivity contribution < 1.29 is 0 Å². The number of hydrogen-bond donors (Lipinski definition) is 3. The average Bonchev–Trinajstić information content (AvgIpc) is 2.83. The largest absolute Gasteiger partial charge is 0.357 e. The topological polar surface area (TPSA) is 48.5 Å². The first kappa shape index (κ1) is 16.0. The Bertz CT molecular complexity index is 365. The van der Waals surface area contributed by atoms with Crippen molar-refractivity contribution in [2.75, 3.05) is 19.6 Å². The fourth-order valence-corrected chi connectivity index (χ4v) is 2.17. The normalized spacial score (nSPS) is 12.5. The number of aliphatic imine (C=N–C) groups is 1. The van der Waals surface area contributed by atoms with Crippen LogP contribution in [-0.2, 0) is 6.54 Å². The summed E-state index contributed by atoms with van der Waals surface area (Å²) in [7, 11) is 0. The van der Waals surface area contributed by atoms with Crippen molar-refractivity contribution in [3.05, 3.63) is 22.4 Å². The summed E-state index contributed by atoms with van der Waals surface area (Å²) in [6.45, 7) is 12.0. The Balaban J connectivity index is 2.33. The Kier molecular flexibility index (Phi) is 6.87. The SMILES string of the molecule is CCNC(=NCc1ccsc1)NCCNC(C)(C)C. The molecule has 0 aliphatic heterocycles. The highest BCUT2D eigenvalue weighted by Crippen LogP contribution is 2.06. The zero-order valence-corrected chi connectivity index (χ0v) is 13.2. The lowest BCUT2D eigenvalue weighted by atomic mass is 10.1. The summed E-state index contributed by atoms with van der Waals surface area (Å²) in [5.41, 5.74) is 1.42. The minimum atomic E-state index is 0.161. The van der Waals surface area contributed by atoms with Crippen molar-refractivity contribution in [3.8, 4) is 0 Å².